The molecule has 0 aromatic carbocycles. The highest BCUT2D eigenvalue weighted by Crippen LogP contribution is 2.20. The third kappa shape index (κ3) is 9.25. The van der Waals surface area contributed by atoms with E-state index in [2.05, 4.69) is 20.4 Å². The monoisotopic (exact) mass is 288 g/mol. The average molecular weight is 289 g/mol. The Morgan fingerprint density at radius 3 is 2.11 bits per heavy atom. The fourth-order valence-electron chi connectivity index (χ4n) is 2.03. The quantitative estimate of drug-likeness (QED) is 0.258. The van der Waals surface area contributed by atoms with Crippen molar-refractivity contribution >= 4 is 8.80 Å². The van der Waals surface area contributed by atoms with Crippen molar-refractivity contribution in [2.45, 2.75) is 71.3 Å². The first-order chi connectivity index (χ1) is 9.24. The lowest BCUT2D eigenvalue weighted by Crippen LogP contribution is -2.43. The van der Waals surface area contributed by atoms with Gasteiger partial charge in [0.15, 0.2) is 0 Å². The van der Waals surface area contributed by atoms with Gasteiger partial charge in [-0.25, -0.2) is 0 Å². The van der Waals surface area contributed by atoms with E-state index >= 15 is 0 Å². The van der Waals surface area contributed by atoms with Crippen molar-refractivity contribution in [3.8, 4) is 0 Å². The predicted molar refractivity (Wildman–Crippen MR) is 83.1 cm³/mol. The smallest absolute Gasteiger partial charge is 0.508 e. The van der Waals surface area contributed by atoms with E-state index in [-0.39, 0.29) is 0 Å². The van der Waals surface area contributed by atoms with Crippen LogP contribution in [0.4, 0.5) is 0 Å². The SMILES string of the molecule is C=CO[Si](CCCCCC)(OC)OCCCCCC. The molecular formula is C15H32O3Si. The Bertz CT molecular complexity index is 212. The molecule has 0 aromatic rings. The van der Waals surface area contributed by atoms with Gasteiger partial charge in [-0.2, -0.15) is 0 Å². The van der Waals surface area contributed by atoms with Crippen LogP contribution in [0.25, 0.3) is 0 Å². The Kier molecular flexibility index (Phi) is 12.5. The van der Waals surface area contributed by atoms with Gasteiger partial charge in [-0.15, -0.1) is 0 Å². The molecule has 0 bridgehead atoms. The maximum absolute atomic E-state index is 5.97. The molecule has 1 atom stereocenters. The van der Waals surface area contributed by atoms with Crippen LogP contribution in [-0.2, 0) is 13.3 Å². The zero-order chi connectivity index (χ0) is 14.4. The van der Waals surface area contributed by atoms with E-state index in [1.165, 1.54) is 44.8 Å². The minimum Gasteiger partial charge on any atom is -0.508 e. The van der Waals surface area contributed by atoms with Crippen LogP contribution in [0.3, 0.4) is 0 Å². The highest BCUT2D eigenvalue weighted by atomic mass is 28.4. The molecule has 0 N–H and O–H groups in total. The second kappa shape index (κ2) is 12.7. The number of rotatable bonds is 14. The van der Waals surface area contributed by atoms with Gasteiger partial charge in [-0.05, 0) is 12.8 Å². The molecule has 0 heterocycles. The summed E-state index contributed by atoms with van der Waals surface area (Å²) in [6.07, 6.45) is 11.1. The van der Waals surface area contributed by atoms with E-state index in [1.807, 2.05) is 0 Å². The molecule has 0 aromatic heterocycles. The summed E-state index contributed by atoms with van der Waals surface area (Å²) < 4.78 is 17.2. The second-order valence-electron chi connectivity index (χ2n) is 4.89. The van der Waals surface area contributed by atoms with Crippen LogP contribution in [0.1, 0.15) is 65.2 Å². The molecule has 114 valence electrons. The Morgan fingerprint density at radius 1 is 0.947 bits per heavy atom. The highest BCUT2D eigenvalue weighted by Gasteiger charge is 2.40. The van der Waals surface area contributed by atoms with Gasteiger partial charge in [0.1, 0.15) is 0 Å². The van der Waals surface area contributed by atoms with E-state index in [4.69, 9.17) is 13.3 Å². The third-order valence-electron chi connectivity index (χ3n) is 3.23. The lowest BCUT2D eigenvalue weighted by molar-refractivity contribution is 0.110. The molecule has 19 heavy (non-hydrogen) atoms. The third-order valence-corrected chi connectivity index (χ3v) is 5.99. The zero-order valence-electron chi connectivity index (χ0n) is 13.1. The average Bonchev–Trinajstić information content (AvgIpc) is 2.43. The van der Waals surface area contributed by atoms with Crippen LogP contribution in [0.15, 0.2) is 12.8 Å². The number of hydrogen-bond donors (Lipinski definition) is 0. The molecule has 0 saturated heterocycles. The van der Waals surface area contributed by atoms with Crippen LogP contribution >= 0.6 is 0 Å². The molecule has 0 radical (unpaired) electrons. The summed E-state index contributed by atoms with van der Waals surface area (Å²) in [6.45, 7) is 8.81. The van der Waals surface area contributed by atoms with Gasteiger partial charge in [0.25, 0.3) is 0 Å². The van der Waals surface area contributed by atoms with E-state index in [0.29, 0.717) is 0 Å². The van der Waals surface area contributed by atoms with Gasteiger partial charge in [-0.3, -0.25) is 0 Å². The van der Waals surface area contributed by atoms with E-state index < -0.39 is 8.80 Å². The topological polar surface area (TPSA) is 27.7 Å². The molecule has 4 heteroatoms. The molecule has 0 aliphatic carbocycles. The lowest BCUT2D eigenvalue weighted by Gasteiger charge is -2.26. The van der Waals surface area contributed by atoms with Crippen molar-refractivity contribution < 1.29 is 13.3 Å². The summed E-state index contributed by atoms with van der Waals surface area (Å²) >= 11 is 0. The van der Waals surface area contributed by atoms with Crippen molar-refractivity contribution in [1.29, 1.82) is 0 Å². The van der Waals surface area contributed by atoms with Crippen molar-refractivity contribution in [3.63, 3.8) is 0 Å². The minimum absolute atomic E-state index is 0.738. The van der Waals surface area contributed by atoms with Crippen LogP contribution in [0.5, 0.6) is 0 Å². The van der Waals surface area contributed by atoms with Crippen molar-refractivity contribution in [2.75, 3.05) is 13.7 Å². The minimum atomic E-state index is -2.50. The summed E-state index contributed by atoms with van der Waals surface area (Å²) in [6, 6.07) is 0.892. The number of unbranched alkanes of at least 4 members (excludes halogenated alkanes) is 6. The molecule has 0 fully saturated rings. The van der Waals surface area contributed by atoms with Gasteiger partial charge in [0.05, 0.1) is 6.26 Å². The molecule has 0 aliphatic heterocycles. The van der Waals surface area contributed by atoms with Crippen LogP contribution in [0, 0.1) is 0 Å². The fraction of sp³-hybridized carbons (Fsp3) is 0.867. The van der Waals surface area contributed by atoms with Gasteiger partial charge >= 0.3 is 8.80 Å². The first-order valence-corrected chi connectivity index (χ1v) is 9.65. The number of hydrogen-bond acceptors (Lipinski definition) is 3. The molecule has 0 rings (SSSR count). The Balaban J connectivity index is 4.05. The van der Waals surface area contributed by atoms with E-state index in [0.717, 1.165) is 25.5 Å². The fourth-order valence-corrected chi connectivity index (χ4v) is 4.17. The molecule has 3 nitrogen and oxygen atoms in total. The summed E-state index contributed by atoms with van der Waals surface area (Å²) in [5, 5.41) is 0. The van der Waals surface area contributed by atoms with Crippen molar-refractivity contribution in [1.82, 2.24) is 0 Å². The maximum Gasteiger partial charge on any atom is 0.565 e. The van der Waals surface area contributed by atoms with Gasteiger partial charge in [-0.1, -0.05) is 59.0 Å². The molecule has 1 unspecified atom stereocenters. The molecule has 0 aliphatic rings. The molecule has 0 amide bonds. The van der Waals surface area contributed by atoms with Crippen LogP contribution in [-0.4, -0.2) is 22.5 Å². The predicted octanol–water partition coefficient (Wildman–Crippen LogP) is 4.91. The second-order valence-corrected chi connectivity index (χ2v) is 7.69. The Labute approximate surface area is 120 Å². The first kappa shape index (κ1) is 18.7. The van der Waals surface area contributed by atoms with E-state index in [9.17, 15) is 0 Å². The zero-order valence-corrected chi connectivity index (χ0v) is 14.1. The van der Waals surface area contributed by atoms with Crippen molar-refractivity contribution in [3.05, 3.63) is 12.8 Å². The molecule has 0 saturated carbocycles. The summed E-state index contributed by atoms with van der Waals surface area (Å²) in [4.78, 5) is 0. The maximum atomic E-state index is 5.97. The van der Waals surface area contributed by atoms with Crippen molar-refractivity contribution in [2.24, 2.45) is 0 Å². The lowest BCUT2D eigenvalue weighted by atomic mass is 10.2. The Hall–Kier alpha value is -0.323. The highest BCUT2D eigenvalue weighted by molar-refractivity contribution is 6.60. The summed E-state index contributed by atoms with van der Waals surface area (Å²) in [5.41, 5.74) is 0. The van der Waals surface area contributed by atoms with Gasteiger partial charge < -0.3 is 13.3 Å². The van der Waals surface area contributed by atoms with Crippen LogP contribution < -0.4 is 0 Å². The normalized spacial score (nSPS) is 14.1. The summed E-state index contributed by atoms with van der Waals surface area (Å²) in [7, 11) is -0.802. The standard InChI is InChI=1S/C15H32O3Si/c1-5-8-10-12-14-18-19(16-4,17-7-3)15-13-11-9-6-2/h7H,3,5-6,8-15H2,1-2,4H3. The first-order valence-electron chi connectivity index (χ1n) is 7.72. The van der Waals surface area contributed by atoms with Gasteiger partial charge in [0, 0.05) is 19.8 Å². The summed E-state index contributed by atoms with van der Waals surface area (Å²) in [5.74, 6) is 0. The van der Waals surface area contributed by atoms with Gasteiger partial charge in [0.2, 0.25) is 0 Å². The van der Waals surface area contributed by atoms with E-state index in [1.54, 1.807) is 7.11 Å². The molecular weight excluding hydrogens is 256 g/mol. The Morgan fingerprint density at radius 2 is 1.58 bits per heavy atom. The largest absolute Gasteiger partial charge is 0.565 e. The van der Waals surface area contributed by atoms with Crippen LogP contribution in [0.2, 0.25) is 6.04 Å². The molecule has 0 spiro atoms.